The summed E-state index contributed by atoms with van der Waals surface area (Å²) in [5, 5.41) is 3.65. The lowest BCUT2D eigenvalue weighted by Gasteiger charge is -2.24. The predicted octanol–water partition coefficient (Wildman–Crippen LogP) is 2.23. The smallest absolute Gasteiger partial charge is 0.108 e. The van der Waals surface area contributed by atoms with Crippen molar-refractivity contribution in [3.63, 3.8) is 0 Å². The van der Waals surface area contributed by atoms with Gasteiger partial charge in [0, 0.05) is 51.2 Å². The SMILES string of the molecule is CN1CCc2cc(CNCC3CCc4nccn4C3)ccc21. The Kier molecular flexibility index (Phi) is 3.62. The van der Waals surface area contributed by atoms with Gasteiger partial charge in [-0.2, -0.15) is 0 Å². The first kappa shape index (κ1) is 13.8. The van der Waals surface area contributed by atoms with Crippen LogP contribution in [0.2, 0.25) is 0 Å². The summed E-state index contributed by atoms with van der Waals surface area (Å²) in [7, 11) is 2.18. The average molecular weight is 296 g/mol. The van der Waals surface area contributed by atoms with Crippen molar-refractivity contribution in [2.75, 3.05) is 25.0 Å². The van der Waals surface area contributed by atoms with Crippen LogP contribution in [0.3, 0.4) is 0 Å². The molecule has 0 spiro atoms. The molecule has 0 amide bonds. The third-order valence-corrected chi connectivity index (χ3v) is 5.07. The molecule has 4 nitrogen and oxygen atoms in total. The fourth-order valence-electron chi connectivity index (χ4n) is 3.75. The highest BCUT2D eigenvalue weighted by atomic mass is 15.1. The summed E-state index contributed by atoms with van der Waals surface area (Å²) in [4.78, 5) is 6.74. The molecule has 3 heterocycles. The van der Waals surface area contributed by atoms with Gasteiger partial charge in [-0.3, -0.25) is 0 Å². The molecule has 1 atom stereocenters. The molecular weight excluding hydrogens is 272 g/mol. The van der Waals surface area contributed by atoms with Crippen molar-refractivity contribution in [1.29, 1.82) is 0 Å². The number of benzene rings is 1. The number of aromatic nitrogens is 2. The van der Waals surface area contributed by atoms with Gasteiger partial charge < -0.3 is 14.8 Å². The zero-order valence-corrected chi connectivity index (χ0v) is 13.3. The van der Waals surface area contributed by atoms with E-state index < -0.39 is 0 Å². The number of hydrogen-bond donors (Lipinski definition) is 1. The van der Waals surface area contributed by atoms with Crippen molar-refractivity contribution in [1.82, 2.24) is 14.9 Å². The third kappa shape index (κ3) is 2.63. The van der Waals surface area contributed by atoms with Gasteiger partial charge in [0.05, 0.1) is 0 Å². The van der Waals surface area contributed by atoms with Crippen molar-refractivity contribution in [3.05, 3.63) is 47.5 Å². The van der Waals surface area contributed by atoms with Gasteiger partial charge in [0.2, 0.25) is 0 Å². The number of fused-ring (bicyclic) bond motifs is 2. The largest absolute Gasteiger partial charge is 0.374 e. The molecule has 4 rings (SSSR count). The molecule has 0 fully saturated rings. The molecule has 2 aromatic rings. The standard InChI is InChI=1S/C18H24N4/c1-21-8-6-16-10-14(2-4-17(16)21)11-19-12-15-3-5-18-20-7-9-22(18)13-15/h2,4,7,9-10,15,19H,3,5-6,8,11-13H2,1H3. The highest BCUT2D eigenvalue weighted by molar-refractivity contribution is 5.58. The Morgan fingerprint density at radius 1 is 1.32 bits per heavy atom. The van der Waals surface area contributed by atoms with E-state index in [0.717, 1.165) is 38.5 Å². The Hall–Kier alpha value is -1.81. The van der Waals surface area contributed by atoms with E-state index in [4.69, 9.17) is 0 Å². The maximum atomic E-state index is 4.40. The summed E-state index contributed by atoms with van der Waals surface area (Å²) < 4.78 is 2.31. The number of anilines is 1. The predicted molar refractivity (Wildman–Crippen MR) is 89.2 cm³/mol. The summed E-state index contributed by atoms with van der Waals surface area (Å²) >= 11 is 0. The van der Waals surface area contributed by atoms with Crippen LogP contribution < -0.4 is 10.2 Å². The minimum absolute atomic E-state index is 0.724. The maximum Gasteiger partial charge on any atom is 0.108 e. The van der Waals surface area contributed by atoms with Crippen LogP contribution in [-0.4, -0.2) is 29.7 Å². The normalized spacial score (nSPS) is 20.0. The quantitative estimate of drug-likeness (QED) is 0.939. The van der Waals surface area contributed by atoms with Crippen LogP contribution in [0.5, 0.6) is 0 Å². The van der Waals surface area contributed by atoms with Gasteiger partial charge in [0.25, 0.3) is 0 Å². The van der Waals surface area contributed by atoms with Gasteiger partial charge >= 0.3 is 0 Å². The molecule has 2 aliphatic rings. The van der Waals surface area contributed by atoms with E-state index in [-0.39, 0.29) is 0 Å². The van der Waals surface area contributed by atoms with Crippen LogP contribution in [0.25, 0.3) is 0 Å². The molecule has 2 aliphatic heterocycles. The van der Waals surface area contributed by atoms with E-state index in [1.165, 1.54) is 35.5 Å². The van der Waals surface area contributed by atoms with E-state index in [1.807, 2.05) is 6.20 Å². The lowest BCUT2D eigenvalue weighted by Crippen LogP contribution is -2.29. The fourth-order valence-corrected chi connectivity index (χ4v) is 3.75. The molecule has 0 bridgehead atoms. The summed E-state index contributed by atoms with van der Waals surface area (Å²) in [6.45, 7) is 4.33. The van der Waals surface area contributed by atoms with Crippen LogP contribution >= 0.6 is 0 Å². The van der Waals surface area contributed by atoms with E-state index in [1.54, 1.807) is 0 Å². The zero-order chi connectivity index (χ0) is 14.9. The van der Waals surface area contributed by atoms with Crippen molar-refractivity contribution in [2.45, 2.75) is 32.4 Å². The molecular formula is C18H24N4. The highest BCUT2D eigenvalue weighted by Gasteiger charge is 2.18. The van der Waals surface area contributed by atoms with Crippen molar-refractivity contribution < 1.29 is 0 Å². The second-order valence-electron chi connectivity index (χ2n) is 6.67. The summed E-state index contributed by atoms with van der Waals surface area (Å²) in [5.74, 6) is 1.97. The van der Waals surface area contributed by atoms with Gasteiger partial charge in [-0.25, -0.2) is 4.98 Å². The van der Waals surface area contributed by atoms with Crippen LogP contribution in [0.15, 0.2) is 30.6 Å². The average Bonchev–Trinajstić information content (AvgIpc) is 3.14. The molecule has 4 heteroatoms. The van der Waals surface area contributed by atoms with Crippen LogP contribution in [0.4, 0.5) is 5.69 Å². The Morgan fingerprint density at radius 3 is 3.23 bits per heavy atom. The first-order valence-electron chi connectivity index (χ1n) is 8.33. The molecule has 0 radical (unpaired) electrons. The van der Waals surface area contributed by atoms with Crippen molar-refractivity contribution in [2.24, 2.45) is 5.92 Å². The van der Waals surface area contributed by atoms with Crippen molar-refractivity contribution in [3.8, 4) is 0 Å². The van der Waals surface area contributed by atoms with Crippen molar-refractivity contribution >= 4 is 5.69 Å². The number of nitrogens with one attached hydrogen (secondary N) is 1. The second kappa shape index (κ2) is 5.76. The number of likely N-dealkylation sites (N-methyl/N-ethyl adjacent to an activating group) is 1. The van der Waals surface area contributed by atoms with E-state index >= 15 is 0 Å². The lowest BCUT2D eigenvalue weighted by atomic mass is 9.99. The molecule has 0 saturated carbocycles. The number of hydrogen-bond acceptors (Lipinski definition) is 3. The summed E-state index contributed by atoms with van der Waals surface area (Å²) in [6.07, 6.45) is 7.58. The molecule has 1 aromatic heterocycles. The number of imidazole rings is 1. The minimum Gasteiger partial charge on any atom is -0.374 e. The zero-order valence-electron chi connectivity index (χ0n) is 13.3. The van der Waals surface area contributed by atoms with Crippen LogP contribution in [0.1, 0.15) is 23.4 Å². The molecule has 116 valence electrons. The summed E-state index contributed by atoms with van der Waals surface area (Å²) in [5.41, 5.74) is 4.32. The van der Waals surface area contributed by atoms with Crippen LogP contribution in [-0.2, 0) is 25.9 Å². The van der Waals surface area contributed by atoms with Gasteiger partial charge in [-0.05, 0) is 42.5 Å². The van der Waals surface area contributed by atoms with Gasteiger partial charge in [-0.1, -0.05) is 12.1 Å². The lowest BCUT2D eigenvalue weighted by molar-refractivity contribution is 0.347. The summed E-state index contributed by atoms with van der Waals surface area (Å²) in [6, 6.07) is 6.92. The monoisotopic (exact) mass is 296 g/mol. The van der Waals surface area contributed by atoms with E-state index in [2.05, 4.69) is 51.2 Å². The topological polar surface area (TPSA) is 33.1 Å². The van der Waals surface area contributed by atoms with Gasteiger partial charge in [0.15, 0.2) is 0 Å². The Balaban J connectivity index is 1.31. The fraction of sp³-hybridized carbons (Fsp3) is 0.500. The Labute approximate surface area is 132 Å². The van der Waals surface area contributed by atoms with Crippen LogP contribution in [0, 0.1) is 5.92 Å². The molecule has 1 aromatic carbocycles. The molecule has 1 unspecified atom stereocenters. The number of aryl methyl sites for hydroxylation is 1. The van der Waals surface area contributed by atoms with E-state index in [0.29, 0.717) is 0 Å². The number of rotatable bonds is 4. The third-order valence-electron chi connectivity index (χ3n) is 5.07. The minimum atomic E-state index is 0.724. The number of nitrogens with zero attached hydrogens (tertiary/aromatic N) is 3. The molecule has 0 saturated heterocycles. The van der Waals surface area contributed by atoms with Gasteiger partial charge in [-0.15, -0.1) is 0 Å². The first-order chi connectivity index (χ1) is 10.8. The molecule has 22 heavy (non-hydrogen) atoms. The highest BCUT2D eigenvalue weighted by Crippen LogP contribution is 2.27. The maximum absolute atomic E-state index is 4.40. The molecule has 0 aliphatic carbocycles. The Bertz CT molecular complexity index is 661. The first-order valence-corrected chi connectivity index (χ1v) is 8.33. The van der Waals surface area contributed by atoms with Gasteiger partial charge in [0.1, 0.15) is 5.82 Å². The second-order valence-corrected chi connectivity index (χ2v) is 6.67. The van der Waals surface area contributed by atoms with E-state index in [9.17, 15) is 0 Å². The molecule has 1 N–H and O–H groups in total. The Morgan fingerprint density at radius 2 is 2.27 bits per heavy atom.